The lowest BCUT2D eigenvalue weighted by Gasteiger charge is -2.14. The highest BCUT2D eigenvalue weighted by Crippen LogP contribution is 2.32. The van der Waals surface area contributed by atoms with Gasteiger partial charge in [0.15, 0.2) is 0 Å². The number of benzene rings is 3. The zero-order chi connectivity index (χ0) is 23.4. The maximum absolute atomic E-state index is 13.4. The number of hydrogen-bond acceptors (Lipinski definition) is 3. The molecule has 33 heavy (non-hydrogen) atoms. The van der Waals surface area contributed by atoms with E-state index in [0.29, 0.717) is 16.3 Å². The van der Waals surface area contributed by atoms with Crippen LogP contribution >= 0.6 is 23.4 Å². The minimum Gasteiger partial charge on any atom is -0.322 e. The topological polar surface area (TPSA) is 42.0 Å². The molecule has 0 aliphatic rings. The summed E-state index contributed by atoms with van der Waals surface area (Å²) in [6, 6.07) is 23.5. The highest BCUT2D eigenvalue weighted by Gasteiger charge is 2.16. The van der Waals surface area contributed by atoms with E-state index in [4.69, 9.17) is 11.6 Å². The Bertz CT molecular complexity index is 1300. The molecule has 0 aliphatic carbocycles. The van der Waals surface area contributed by atoms with Gasteiger partial charge in [0.25, 0.3) is 5.91 Å². The molecule has 0 spiro atoms. The van der Waals surface area contributed by atoms with Crippen molar-refractivity contribution in [3.63, 3.8) is 0 Å². The number of aromatic nitrogens is 1. The van der Waals surface area contributed by atoms with Gasteiger partial charge in [-0.15, -0.1) is 11.8 Å². The molecule has 1 N–H and O–H groups in total. The molecule has 3 nitrogen and oxygen atoms in total. The Hall–Kier alpha value is -3.08. The second-order valence-corrected chi connectivity index (χ2v) is 9.06. The van der Waals surface area contributed by atoms with Gasteiger partial charge < -0.3 is 5.32 Å². The average molecular weight is 473 g/mol. The van der Waals surface area contributed by atoms with E-state index >= 15 is 0 Å². The molecule has 4 aromatic rings. The zero-order valence-electron chi connectivity index (χ0n) is 18.9. The van der Waals surface area contributed by atoms with Crippen molar-refractivity contribution in [2.45, 2.75) is 25.2 Å². The maximum atomic E-state index is 13.4. The number of rotatable bonds is 6. The molecular weight excluding hydrogens is 448 g/mol. The van der Waals surface area contributed by atoms with Crippen molar-refractivity contribution in [2.24, 2.45) is 0 Å². The number of amides is 1. The number of thioether (sulfide) groups is 1. The van der Waals surface area contributed by atoms with Crippen LogP contribution in [0.5, 0.6) is 0 Å². The Morgan fingerprint density at radius 1 is 1.00 bits per heavy atom. The van der Waals surface area contributed by atoms with E-state index in [0.717, 1.165) is 33.7 Å². The normalized spacial score (nSPS) is 10.8. The van der Waals surface area contributed by atoms with Crippen molar-refractivity contribution in [3.8, 4) is 22.4 Å². The van der Waals surface area contributed by atoms with Crippen LogP contribution in [0.4, 0.5) is 5.69 Å². The summed E-state index contributed by atoms with van der Waals surface area (Å²) in [7, 11) is 0. The molecule has 4 rings (SSSR count). The third kappa shape index (κ3) is 5.13. The summed E-state index contributed by atoms with van der Waals surface area (Å²) in [4.78, 5) is 18.9. The predicted molar refractivity (Wildman–Crippen MR) is 140 cm³/mol. The van der Waals surface area contributed by atoms with Gasteiger partial charge in [-0.25, -0.2) is 0 Å². The molecule has 0 saturated heterocycles. The van der Waals surface area contributed by atoms with Crippen LogP contribution < -0.4 is 5.32 Å². The number of pyridine rings is 1. The van der Waals surface area contributed by atoms with Gasteiger partial charge in [-0.3, -0.25) is 9.78 Å². The molecule has 1 aromatic heterocycles. The second kappa shape index (κ2) is 10.2. The molecule has 0 radical (unpaired) electrons. The Labute approximate surface area is 204 Å². The number of carbonyl (C=O) groups excluding carboxylic acids is 1. The van der Waals surface area contributed by atoms with Crippen LogP contribution in [0, 0.1) is 6.92 Å². The van der Waals surface area contributed by atoms with Crippen molar-refractivity contribution in [1.29, 1.82) is 0 Å². The minimum absolute atomic E-state index is 0.163. The molecule has 1 heterocycles. The molecule has 0 saturated carbocycles. The number of aryl methyl sites for hydroxylation is 2. The fourth-order valence-electron chi connectivity index (χ4n) is 3.87. The molecular formula is C28H25ClN2OS. The van der Waals surface area contributed by atoms with E-state index < -0.39 is 0 Å². The van der Waals surface area contributed by atoms with Crippen molar-refractivity contribution in [3.05, 3.63) is 101 Å². The molecule has 5 heteroatoms. The van der Waals surface area contributed by atoms with Gasteiger partial charge in [0.05, 0.1) is 10.7 Å². The number of carbonyl (C=O) groups is 1. The number of anilines is 1. The maximum Gasteiger partial charge on any atom is 0.256 e. The van der Waals surface area contributed by atoms with Gasteiger partial charge in [0, 0.05) is 27.9 Å². The van der Waals surface area contributed by atoms with Crippen LogP contribution in [0.25, 0.3) is 22.4 Å². The molecule has 0 atom stereocenters. The van der Waals surface area contributed by atoms with E-state index in [9.17, 15) is 4.79 Å². The van der Waals surface area contributed by atoms with Crippen LogP contribution in [-0.2, 0) is 6.42 Å². The fraction of sp³-hybridized carbons (Fsp3) is 0.143. The summed E-state index contributed by atoms with van der Waals surface area (Å²) in [6.07, 6.45) is 4.75. The predicted octanol–water partition coefficient (Wildman–Crippen LogP) is 7.91. The third-order valence-corrected chi connectivity index (χ3v) is 6.73. The molecule has 166 valence electrons. The highest BCUT2D eigenvalue weighted by molar-refractivity contribution is 7.98. The van der Waals surface area contributed by atoms with Gasteiger partial charge in [-0.2, -0.15) is 0 Å². The van der Waals surface area contributed by atoms with Crippen LogP contribution in [0.1, 0.15) is 28.4 Å². The van der Waals surface area contributed by atoms with Crippen molar-refractivity contribution in [1.82, 2.24) is 4.98 Å². The SMILES string of the molecule is CCc1ccc(-c2cc(SC)ccc2C(=O)Nc2ccc(Cl)c(-c3ccccn3)c2)cc1C. The van der Waals surface area contributed by atoms with Crippen molar-refractivity contribution >= 4 is 35.0 Å². The van der Waals surface area contributed by atoms with Crippen LogP contribution in [0.3, 0.4) is 0 Å². The van der Waals surface area contributed by atoms with Crippen LogP contribution in [-0.4, -0.2) is 17.1 Å². The molecule has 0 aliphatic heterocycles. The van der Waals surface area contributed by atoms with E-state index in [1.165, 1.54) is 11.1 Å². The van der Waals surface area contributed by atoms with E-state index in [1.807, 2.05) is 48.7 Å². The Balaban J connectivity index is 1.70. The first-order chi connectivity index (χ1) is 16.0. The highest BCUT2D eigenvalue weighted by atomic mass is 35.5. The van der Waals surface area contributed by atoms with Crippen LogP contribution in [0.2, 0.25) is 5.02 Å². The fourth-order valence-corrected chi connectivity index (χ4v) is 4.52. The second-order valence-electron chi connectivity index (χ2n) is 7.77. The van der Waals surface area contributed by atoms with E-state index in [2.05, 4.69) is 48.4 Å². The lowest BCUT2D eigenvalue weighted by Crippen LogP contribution is -2.13. The first-order valence-electron chi connectivity index (χ1n) is 10.8. The Kier molecular flexibility index (Phi) is 7.17. The molecule has 3 aromatic carbocycles. The lowest BCUT2D eigenvalue weighted by molar-refractivity contribution is 0.102. The summed E-state index contributed by atoms with van der Waals surface area (Å²) in [5.41, 5.74) is 7.34. The average Bonchev–Trinajstić information content (AvgIpc) is 2.85. The summed E-state index contributed by atoms with van der Waals surface area (Å²) < 4.78 is 0. The summed E-state index contributed by atoms with van der Waals surface area (Å²) in [5.74, 6) is -0.163. The van der Waals surface area contributed by atoms with E-state index in [-0.39, 0.29) is 5.91 Å². The molecule has 0 bridgehead atoms. The van der Waals surface area contributed by atoms with Gasteiger partial charge in [-0.1, -0.05) is 42.8 Å². The van der Waals surface area contributed by atoms with Crippen molar-refractivity contribution in [2.75, 3.05) is 11.6 Å². The van der Waals surface area contributed by atoms with Gasteiger partial charge in [-0.05, 0) is 90.4 Å². The van der Waals surface area contributed by atoms with Crippen LogP contribution in [0.15, 0.2) is 83.9 Å². The summed E-state index contributed by atoms with van der Waals surface area (Å²) in [5, 5.41) is 3.63. The number of halogens is 1. The summed E-state index contributed by atoms with van der Waals surface area (Å²) >= 11 is 8.07. The van der Waals surface area contributed by atoms with E-state index in [1.54, 1.807) is 24.0 Å². The first kappa shape index (κ1) is 23.1. The third-order valence-electron chi connectivity index (χ3n) is 5.67. The van der Waals surface area contributed by atoms with Gasteiger partial charge >= 0.3 is 0 Å². The smallest absolute Gasteiger partial charge is 0.256 e. The largest absolute Gasteiger partial charge is 0.322 e. The van der Waals surface area contributed by atoms with Gasteiger partial charge in [0.1, 0.15) is 0 Å². The molecule has 0 fully saturated rings. The standard InChI is InChI=1S/C28H25ClN2OS/c1-4-19-8-9-20(15-18(19)2)24-17-22(33-3)11-12-23(24)28(32)31-21-10-13-26(29)25(16-21)27-7-5-6-14-30-27/h5-17H,4H2,1-3H3,(H,31,32). The number of hydrogen-bond donors (Lipinski definition) is 1. The molecule has 1 amide bonds. The first-order valence-corrected chi connectivity index (χ1v) is 12.4. The van der Waals surface area contributed by atoms with Gasteiger partial charge in [0.2, 0.25) is 0 Å². The minimum atomic E-state index is -0.163. The lowest BCUT2D eigenvalue weighted by atomic mass is 9.95. The van der Waals surface area contributed by atoms with Crippen molar-refractivity contribution < 1.29 is 4.79 Å². The number of nitrogens with zero attached hydrogens (tertiary/aromatic N) is 1. The zero-order valence-corrected chi connectivity index (χ0v) is 20.4. The number of nitrogens with one attached hydrogen (secondary N) is 1. The monoisotopic (exact) mass is 472 g/mol. The molecule has 0 unspecified atom stereocenters. The Morgan fingerprint density at radius 3 is 2.55 bits per heavy atom. The summed E-state index contributed by atoms with van der Waals surface area (Å²) in [6.45, 7) is 4.27. The Morgan fingerprint density at radius 2 is 1.85 bits per heavy atom. The quantitative estimate of drug-likeness (QED) is 0.290.